The van der Waals surface area contributed by atoms with Crippen LogP contribution >= 0.6 is 11.6 Å². The largest absolute Gasteiger partial charge is 0.475 e. The van der Waals surface area contributed by atoms with E-state index in [0.717, 1.165) is 72.9 Å². The molecule has 9 heteroatoms. The molecule has 4 aliphatic rings. The van der Waals surface area contributed by atoms with Crippen LogP contribution in [0.4, 0.5) is 14.5 Å². The van der Waals surface area contributed by atoms with Gasteiger partial charge in [0.05, 0.1) is 21.8 Å². The quantitative estimate of drug-likeness (QED) is 0.278. The van der Waals surface area contributed by atoms with Crippen LogP contribution in [0.2, 0.25) is 5.02 Å². The summed E-state index contributed by atoms with van der Waals surface area (Å²) in [4.78, 5) is 9.47. The van der Waals surface area contributed by atoms with Gasteiger partial charge >= 0.3 is 0 Å². The number of nitrogens with zero attached hydrogens (tertiary/aromatic N) is 4. The molecule has 2 bridgehead atoms. The molecule has 4 saturated heterocycles. The molecule has 0 radical (unpaired) electrons. The van der Waals surface area contributed by atoms with Gasteiger partial charge in [0.1, 0.15) is 30.2 Å². The predicted octanol–water partition coefficient (Wildman–Crippen LogP) is 6.61. The van der Waals surface area contributed by atoms with E-state index >= 15 is 0 Å². The number of nitriles is 1. The highest BCUT2D eigenvalue weighted by Crippen LogP contribution is 2.43. The number of alkyl halides is 1. The number of pyridine rings is 1. The second-order valence-corrected chi connectivity index (χ2v) is 13.0. The molecule has 1 aromatic heterocycles. The number of halogens is 3. The summed E-state index contributed by atoms with van der Waals surface area (Å²) in [5.41, 5.74) is 3.24. The highest BCUT2D eigenvalue weighted by atomic mass is 35.5. The number of rotatable bonds is 5. The van der Waals surface area contributed by atoms with E-state index in [1.165, 1.54) is 6.07 Å². The molecule has 6 nitrogen and oxygen atoms in total. The van der Waals surface area contributed by atoms with Gasteiger partial charge in [0.25, 0.3) is 0 Å². The van der Waals surface area contributed by atoms with E-state index in [0.29, 0.717) is 54.0 Å². The van der Waals surface area contributed by atoms with Crippen molar-refractivity contribution < 1.29 is 13.5 Å². The number of hydrogen-bond donors (Lipinski definition) is 1. The SMILES string of the molecule is N#Cc1c(OC[C@@]23CCCN2C[C@H](F)C3)nc2cc(-c3cccc4ccc(F)c(Cl)c34)ccc2c1N1C[C@H]2CC[C@@H](C1)N2. The van der Waals surface area contributed by atoms with E-state index in [4.69, 9.17) is 21.3 Å². The summed E-state index contributed by atoms with van der Waals surface area (Å²) in [6.45, 7) is 3.19. The number of nitrogens with one attached hydrogen (secondary N) is 1. The summed E-state index contributed by atoms with van der Waals surface area (Å²) in [6.07, 6.45) is 3.69. The molecule has 3 aromatic carbocycles. The van der Waals surface area contributed by atoms with Gasteiger partial charge in [-0.25, -0.2) is 13.8 Å². The molecule has 0 aliphatic carbocycles. The number of fused-ring (bicyclic) bond motifs is 5. The molecule has 1 N–H and O–H groups in total. The lowest BCUT2D eigenvalue weighted by molar-refractivity contribution is 0.110. The molecule has 0 spiro atoms. The minimum atomic E-state index is -0.865. The minimum Gasteiger partial charge on any atom is -0.475 e. The number of anilines is 1. The maximum absolute atomic E-state index is 14.6. The lowest BCUT2D eigenvalue weighted by Crippen LogP contribution is -2.51. The smallest absolute Gasteiger partial charge is 0.234 e. The first-order valence-electron chi connectivity index (χ1n) is 15.2. The first-order chi connectivity index (χ1) is 20.9. The third-order valence-corrected chi connectivity index (χ3v) is 10.4. The summed E-state index contributed by atoms with van der Waals surface area (Å²) in [5.74, 6) is -0.174. The van der Waals surface area contributed by atoms with Gasteiger partial charge in [-0.15, -0.1) is 0 Å². The highest BCUT2D eigenvalue weighted by molar-refractivity contribution is 6.36. The summed E-state index contributed by atoms with van der Waals surface area (Å²) in [5, 5.41) is 16.7. The lowest BCUT2D eigenvalue weighted by Gasteiger charge is -2.36. The maximum atomic E-state index is 14.6. The van der Waals surface area contributed by atoms with Gasteiger partial charge in [0.2, 0.25) is 5.88 Å². The molecule has 0 saturated carbocycles. The van der Waals surface area contributed by atoms with Crippen LogP contribution in [-0.4, -0.2) is 66.5 Å². The van der Waals surface area contributed by atoms with Crippen molar-refractivity contribution in [1.29, 1.82) is 5.26 Å². The van der Waals surface area contributed by atoms with E-state index in [2.05, 4.69) is 21.2 Å². The Hall–Kier alpha value is -3.51. The third-order valence-electron chi connectivity index (χ3n) is 10.1. The molecule has 8 rings (SSSR count). The Bertz CT molecular complexity index is 1800. The van der Waals surface area contributed by atoms with E-state index in [1.807, 2.05) is 36.4 Å². The first kappa shape index (κ1) is 27.1. The summed E-state index contributed by atoms with van der Waals surface area (Å²) >= 11 is 6.49. The maximum Gasteiger partial charge on any atom is 0.234 e. The Balaban J connectivity index is 1.27. The molecule has 5 heterocycles. The molecular weight excluding hydrogens is 568 g/mol. The van der Waals surface area contributed by atoms with Crippen LogP contribution in [0, 0.1) is 17.1 Å². The van der Waals surface area contributed by atoms with Crippen molar-refractivity contribution in [3.05, 3.63) is 64.9 Å². The van der Waals surface area contributed by atoms with Crippen LogP contribution in [-0.2, 0) is 0 Å². The van der Waals surface area contributed by atoms with Crippen molar-refractivity contribution in [2.75, 3.05) is 37.7 Å². The Morgan fingerprint density at radius 1 is 1.12 bits per heavy atom. The molecule has 43 heavy (non-hydrogen) atoms. The van der Waals surface area contributed by atoms with Crippen molar-refractivity contribution in [3.8, 4) is 23.1 Å². The van der Waals surface area contributed by atoms with Crippen LogP contribution < -0.4 is 15.0 Å². The normalized spacial score (nSPS) is 26.7. The number of ether oxygens (including phenoxy) is 1. The number of piperazine rings is 1. The standard InChI is InChI=1S/C34H32ClF2N5O/c35-31-28(37)10-6-20-3-1-4-25(30(20)31)21-5-9-26-29(13-21)40-33(43-19-34-11-2-12-42(34)16-22(36)14-34)27(15-38)32(26)41-17-23-7-8-24(18-41)39-23/h1,3-6,9-10,13,22-24,39H,2,7-8,11-12,14,16-19H2/t22-,23-,24+,34+/m1/s1. The van der Waals surface area contributed by atoms with Gasteiger partial charge in [-0.1, -0.05) is 48.0 Å². The number of hydrogen-bond acceptors (Lipinski definition) is 6. The predicted molar refractivity (Wildman–Crippen MR) is 165 cm³/mol. The van der Waals surface area contributed by atoms with Crippen LogP contribution in [0.25, 0.3) is 32.8 Å². The molecule has 4 atom stereocenters. The zero-order valence-corrected chi connectivity index (χ0v) is 24.5. The molecular formula is C34H32ClF2N5O. The molecule has 0 unspecified atom stereocenters. The molecule has 4 aromatic rings. The van der Waals surface area contributed by atoms with Crippen LogP contribution in [0.3, 0.4) is 0 Å². The lowest BCUT2D eigenvalue weighted by atomic mass is 9.94. The van der Waals surface area contributed by atoms with E-state index < -0.39 is 12.0 Å². The number of aromatic nitrogens is 1. The fourth-order valence-corrected chi connectivity index (χ4v) is 8.38. The fraction of sp³-hybridized carbons (Fsp3) is 0.412. The van der Waals surface area contributed by atoms with Crippen molar-refractivity contribution in [2.45, 2.75) is 55.9 Å². The first-order valence-corrected chi connectivity index (χ1v) is 15.6. The monoisotopic (exact) mass is 599 g/mol. The van der Waals surface area contributed by atoms with Gasteiger partial charge in [0, 0.05) is 48.9 Å². The average Bonchev–Trinajstić information content (AvgIpc) is 3.66. The molecule has 4 aliphatic heterocycles. The Morgan fingerprint density at radius 2 is 1.95 bits per heavy atom. The topological polar surface area (TPSA) is 64.4 Å². The van der Waals surface area contributed by atoms with Crippen LogP contribution in [0.15, 0.2) is 48.5 Å². The van der Waals surface area contributed by atoms with Gasteiger partial charge in [-0.3, -0.25) is 4.90 Å². The second kappa shape index (κ2) is 10.3. The Morgan fingerprint density at radius 3 is 2.77 bits per heavy atom. The van der Waals surface area contributed by atoms with Crippen molar-refractivity contribution in [2.24, 2.45) is 0 Å². The average molecular weight is 600 g/mol. The van der Waals surface area contributed by atoms with E-state index in [1.54, 1.807) is 6.07 Å². The van der Waals surface area contributed by atoms with Crippen LogP contribution in [0.1, 0.15) is 37.7 Å². The molecule has 220 valence electrons. The number of benzene rings is 3. The van der Waals surface area contributed by atoms with E-state index in [-0.39, 0.29) is 10.6 Å². The third kappa shape index (κ3) is 4.44. The Kier molecular flexibility index (Phi) is 6.48. The zero-order valence-electron chi connectivity index (χ0n) is 23.8. The van der Waals surface area contributed by atoms with Gasteiger partial charge in [-0.2, -0.15) is 5.26 Å². The fourth-order valence-electron chi connectivity index (χ4n) is 8.11. The summed E-state index contributed by atoms with van der Waals surface area (Å²) in [7, 11) is 0. The molecule has 4 fully saturated rings. The van der Waals surface area contributed by atoms with Crippen molar-refractivity contribution >= 4 is 39.0 Å². The molecule has 0 amide bonds. The van der Waals surface area contributed by atoms with Gasteiger partial charge in [0.15, 0.2) is 0 Å². The van der Waals surface area contributed by atoms with E-state index in [9.17, 15) is 14.0 Å². The summed E-state index contributed by atoms with van der Waals surface area (Å²) in [6, 6.07) is 18.1. The second-order valence-electron chi connectivity index (χ2n) is 12.7. The zero-order chi connectivity index (χ0) is 29.3. The minimum absolute atomic E-state index is 0.0880. The summed E-state index contributed by atoms with van der Waals surface area (Å²) < 4.78 is 35.5. The van der Waals surface area contributed by atoms with Crippen LogP contribution in [0.5, 0.6) is 5.88 Å². The highest BCUT2D eigenvalue weighted by Gasteiger charge is 2.49. The van der Waals surface area contributed by atoms with Crippen molar-refractivity contribution in [1.82, 2.24) is 15.2 Å². The van der Waals surface area contributed by atoms with Gasteiger partial charge in [-0.05, 0) is 60.9 Å². The Labute approximate surface area is 254 Å². The van der Waals surface area contributed by atoms with Crippen molar-refractivity contribution in [3.63, 3.8) is 0 Å². The van der Waals surface area contributed by atoms with Gasteiger partial charge < -0.3 is 15.0 Å².